The topological polar surface area (TPSA) is 43.2 Å². The summed E-state index contributed by atoms with van der Waals surface area (Å²) in [5.41, 5.74) is 5.67. The Kier molecular flexibility index (Phi) is 3.21. The smallest absolute Gasteiger partial charge is 0.139 e. The fraction of sp³-hybridized carbons (Fsp3) is 0.182. The molecule has 3 aromatic carbocycles. The maximum atomic E-state index is 6.28. The van der Waals surface area contributed by atoms with E-state index in [1.165, 1.54) is 16.7 Å². The molecule has 5 heteroatoms. The second-order valence-corrected chi connectivity index (χ2v) is 7.08. The van der Waals surface area contributed by atoms with E-state index in [4.69, 9.17) is 4.74 Å². The third-order valence-electron chi connectivity index (χ3n) is 5.66. The summed E-state index contributed by atoms with van der Waals surface area (Å²) >= 11 is 0. The molecule has 4 aromatic rings. The highest BCUT2D eigenvalue weighted by Crippen LogP contribution is 2.52. The molecule has 0 bridgehead atoms. The molecule has 0 spiro atoms. The molecule has 3 heterocycles. The summed E-state index contributed by atoms with van der Waals surface area (Å²) in [6, 6.07) is 27.4. The molecule has 1 saturated heterocycles. The Morgan fingerprint density at radius 3 is 2.44 bits per heavy atom. The van der Waals surface area contributed by atoms with Gasteiger partial charge in [-0.1, -0.05) is 71.9 Å². The molecule has 0 aliphatic carbocycles. The molecule has 3 unspecified atom stereocenters. The van der Waals surface area contributed by atoms with Crippen LogP contribution in [0.4, 0.5) is 0 Å². The lowest BCUT2D eigenvalue weighted by Crippen LogP contribution is -2.31. The average molecular weight is 354 g/mol. The van der Waals surface area contributed by atoms with Crippen LogP contribution in [0.2, 0.25) is 0 Å². The predicted octanol–water partition coefficient (Wildman–Crippen LogP) is 4.06. The fourth-order valence-corrected chi connectivity index (χ4v) is 4.47. The third kappa shape index (κ3) is 2.13. The van der Waals surface area contributed by atoms with Crippen LogP contribution in [0, 0.1) is 0 Å². The van der Waals surface area contributed by atoms with E-state index < -0.39 is 0 Å². The van der Waals surface area contributed by atoms with E-state index in [9.17, 15) is 0 Å². The summed E-state index contributed by atoms with van der Waals surface area (Å²) in [6.07, 6.45) is -0.0920. The third-order valence-corrected chi connectivity index (χ3v) is 5.66. The first-order valence-corrected chi connectivity index (χ1v) is 9.24. The van der Waals surface area contributed by atoms with Crippen LogP contribution in [0.3, 0.4) is 0 Å². The largest absolute Gasteiger partial charge is 0.357 e. The molecule has 27 heavy (non-hydrogen) atoms. The molecule has 0 N–H and O–H groups in total. The van der Waals surface area contributed by atoms with Gasteiger partial charge in [0.25, 0.3) is 0 Å². The number of fused-ring (bicyclic) bond motifs is 4. The number of rotatable bonds is 2. The van der Waals surface area contributed by atoms with E-state index in [1.54, 1.807) is 0 Å². The van der Waals surface area contributed by atoms with Crippen molar-refractivity contribution in [3.8, 4) is 0 Å². The molecule has 3 atom stereocenters. The van der Waals surface area contributed by atoms with E-state index in [0.29, 0.717) is 6.61 Å². The lowest BCUT2D eigenvalue weighted by Gasteiger charge is -2.29. The molecule has 2 aliphatic heterocycles. The van der Waals surface area contributed by atoms with Gasteiger partial charge in [0.15, 0.2) is 0 Å². The molecule has 132 valence electrons. The molecule has 5 nitrogen and oxygen atoms in total. The van der Waals surface area contributed by atoms with Crippen LogP contribution in [0.5, 0.6) is 0 Å². The monoisotopic (exact) mass is 354 g/mol. The van der Waals surface area contributed by atoms with Crippen LogP contribution >= 0.6 is 0 Å². The normalized spacial score (nSPS) is 24.2. The zero-order valence-corrected chi connectivity index (χ0v) is 14.6. The van der Waals surface area contributed by atoms with E-state index >= 15 is 0 Å². The first-order valence-electron chi connectivity index (χ1n) is 9.24. The predicted molar refractivity (Wildman–Crippen MR) is 102 cm³/mol. The first-order chi connectivity index (χ1) is 13.4. The minimum Gasteiger partial charge on any atom is -0.357 e. The van der Waals surface area contributed by atoms with E-state index in [1.807, 2.05) is 22.9 Å². The first kappa shape index (κ1) is 15.1. The van der Waals surface area contributed by atoms with Crippen molar-refractivity contribution >= 4 is 11.0 Å². The van der Waals surface area contributed by atoms with Crippen LogP contribution in [0.15, 0.2) is 78.9 Å². The Morgan fingerprint density at radius 2 is 1.56 bits per heavy atom. The summed E-state index contributed by atoms with van der Waals surface area (Å²) < 4.78 is 8.32. The molecule has 0 saturated carbocycles. The Morgan fingerprint density at radius 1 is 0.815 bits per heavy atom. The molecule has 1 aromatic heterocycles. The quantitative estimate of drug-likeness (QED) is 0.544. The van der Waals surface area contributed by atoms with Gasteiger partial charge >= 0.3 is 0 Å². The Hall–Kier alpha value is -3.02. The van der Waals surface area contributed by atoms with Crippen LogP contribution in [0.25, 0.3) is 11.0 Å². The van der Waals surface area contributed by atoms with Crippen molar-refractivity contribution in [1.29, 1.82) is 0 Å². The van der Waals surface area contributed by atoms with Crippen molar-refractivity contribution < 1.29 is 4.74 Å². The van der Waals surface area contributed by atoms with Gasteiger partial charge in [-0.05, 0) is 23.3 Å². The molecular formula is C22H18N4O. The number of aromatic nitrogens is 3. The van der Waals surface area contributed by atoms with E-state index in [2.05, 4.69) is 75.9 Å². The summed E-state index contributed by atoms with van der Waals surface area (Å²) in [5.74, 6) is 0. The van der Waals surface area contributed by atoms with E-state index in [0.717, 1.165) is 11.0 Å². The maximum Gasteiger partial charge on any atom is 0.139 e. The van der Waals surface area contributed by atoms with Gasteiger partial charge < -0.3 is 4.74 Å². The van der Waals surface area contributed by atoms with Gasteiger partial charge in [0.1, 0.15) is 17.9 Å². The van der Waals surface area contributed by atoms with Crippen molar-refractivity contribution in [1.82, 2.24) is 19.9 Å². The number of nitrogens with zero attached hydrogens (tertiary/aromatic N) is 4. The number of para-hydroxylation sites is 1. The van der Waals surface area contributed by atoms with Gasteiger partial charge in [0, 0.05) is 5.56 Å². The van der Waals surface area contributed by atoms with Crippen LogP contribution in [-0.4, -0.2) is 26.5 Å². The van der Waals surface area contributed by atoms with Gasteiger partial charge in [0.2, 0.25) is 0 Å². The standard InChI is InChI=1S/C22H18N4O/c1-2-8-15(9-3-1)20-14-27-22-17-11-5-4-10-16(17)21(25(20)22)26-19-13-7-6-12-18(19)23-24-26/h1-13,20-22H,14H2. The van der Waals surface area contributed by atoms with Crippen molar-refractivity contribution in [3.63, 3.8) is 0 Å². The average Bonchev–Trinajstić information content (AvgIpc) is 3.41. The second-order valence-electron chi connectivity index (χ2n) is 7.08. The van der Waals surface area contributed by atoms with Gasteiger partial charge in [-0.15, -0.1) is 5.10 Å². The van der Waals surface area contributed by atoms with Gasteiger partial charge in [-0.3, -0.25) is 0 Å². The van der Waals surface area contributed by atoms with Crippen LogP contribution < -0.4 is 0 Å². The Balaban J connectivity index is 1.56. The SMILES string of the molecule is c1ccc(C2COC3c4ccccc4C(n4nnc5ccccc54)N23)cc1. The lowest BCUT2D eigenvalue weighted by atomic mass is 10.1. The lowest BCUT2D eigenvalue weighted by molar-refractivity contribution is 0.0148. The molecule has 1 fully saturated rings. The minimum absolute atomic E-state index is 0.0358. The van der Waals surface area contributed by atoms with Crippen molar-refractivity contribution in [3.05, 3.63) is 95.6 Å². The van der Waals surface area contributed by atoms with E-state index in [-0.39, 0.29) is 18.4 Å². The Labute approximate surface area is 156 Å². The van der Waals surface area contributed by atoms with Gasteiger partial charge in [-0.25, -0.2) is 9.58 Å². The van der Waals surface area contributed by atoms with Crippen molar-refractivity contribution in [2.75, 3.05) is 6.61 Å². The van der Waals surface area contributed by atoms with Crippen LogP contribution in [0.1, 0.15) is 35.1 Å². The zero-order chi connectivity index (χ0) is 17.8. The summed E-state index contributed by atoms with van der Waals surface area (Å²) in [7, 11) is 0. The number of ether oxygens (including phenoxy) is 1. The number of hydrogen-bond donors (Lipinski definition) is 0. The zero-order valence-electron chi connectivity index (χ0n) is 14.6. The highest BCUT2D eigenvalue weighted by Gasteiger charge is 2.49. The molecule has 0 radical (unpaired) electrons. The maximum absolute atomic E-state index is 6.28. The molecular weight excluding hydrogens is 336 g/mol. The van der Waals surface area contributed by atoms with Crippen LogP contribution in [-0.2, 0) is 4.74 Å². The van der Waals surface area contributed by atoms with Gasteiger partial charge in [-0.2, -0.15) is 0 Å². The van der Waals surface area contributed by atoms with Crippen molar-refractivity contribution in [2.45, 2.75) is 18.4 Å². The molecule has 0 amide bonds. The molecule has 6 rings (SSSR count). The fourth-order valence-electron chi connectivity index (χ4n) is 4.47. The highest BCUT2D eigenvalue weighted by molar-refractivity contribution is 5.74. The second kappa shape index (κ2) is 5.74. The van der Waals surface area contributed by atoms with Gasteiger partial charge in [0.05, 0.1) is 18.2 Å². The number of hydrogen-bond acceptors (Lipinski definition) is 4. The number of benzene rings is 3. The summed E-state index contributed by atoms with van der Waals surface area (Å²) in [5, 5.41) is 8.93. The minimum atomic E-state index is -0.0561. The summed E-state index contributed by atoms with van der Waals surface area (Å²) in [6.45, 7) is 0.673. The summed E-state index contributed by atoms with van der Waals surface area (Å²) in [4.78, 5) is 2.43. The van der Waals surface area contributed by atoms with Crippen molar-refractivity contribution in [2.24, 2.45) is 0 Å². The molecule has 2 aliphatic rings. The Bertz CT molecular complexity index is 1120. The highest BCUT2D eigenvalue weighted by atomic mass is 16.5.